The molecule has 122 valence electrons. The van der Waals surface area contributed by atoms with Gasteiger partial charge in [-0.2, -0.15) is 0 Å². The Bertz CT molecular complexity index is 318. The Balaban J connectivity index is 1.82. The Morgan fingerprint density at radius 3 is 2.52 bits per heavy atom. The molecule has 0 aromatic carbocycles. The molecule has 1 aliphatic carbocycles. The number of carbonyl (C=O) groups is 1. The summed E-state index contributed by atoms with van der Waals surface area (Å²) in [5.41, 5.74) is -0.457. The molecule has 0 aromatic heterocycles. The minimum Gasteiger partial charge on any atom is -0.481 e. The minimum atomic E-state index is -0.565. The first kappa shape index (κ1) is 16.8. The molecule has 1 saturated heterocycles. The largest absolute Gasteiger partial charge is 0.481 e. The molecule has 1 saturated carbocycles. The summed E-state index contributed by atoms with van der Waals surface area (Å²) in [6.07, 6.45) is 8.60. The lowest BCUT2D eigenvalue weighted by atomic mass is 9.67. The maximum absolute atomic E-state index is 11.8. The highest BCUT2D eigenvalue weighted by molar-refractivity contribution is 5.74. The second-order valence-electron chi connectivity index (χ2n) is 6.88. The fourth-order valence-electron chi connectivity index (χ4n) is 3.78. The predicted octanol–water partition coefficient (Wildman–Crippen LogP) is 3.16. The third-order valence-corrected chi connectivity index (χ3v) is 5.49. The first-order valence-electron chi connectivity index (χ1n) is 8.70. The van der Waals surface area contributed by atoms with E-state index in [-0.39, 0.29) is 0 Å². The summed E-state index contributed by atoms with van der Waals surface area (Å²) < 4.78 is 5.36. The Morgan fingerprint density at radius 2 is 1.95 bits per heavy atom. The number of nitrogens with zero attached hydrogens (tertiary/aromatic N) is 1. The van der Waals surface area contributed by atoms with E-state index in [0.717, 1.165) is 70.9 Å². The van der Waals surface area contributed by atoms with E-state index in [4.69, 9.17) is 4.74 Å². The summed E-state index contributed by atoms with van der Waals surface area (Å²) >= 11 is 0. The number of carboxylic acids is 1. The molecule has 2 rings (SSSR count). The predicted molar refractivity (Wildman–Crippen MR) is 83.4 cm³/mol. The third kappa shape index (κ3) is 4.68. The van der Waals surface area contributed by atoms with Crippen LogP contribution < -0.4 is 0 Å². The summed E-state index contributed by atoms with van der Waals surface area (Å²) in [5.74, 6) is 0.200. The molecule has 1 N–H and O–H groups in total. The van der Waals surface area contributed by atoms with Crippen molar-refractivity contribution in [1.82, 2.24) is 4.90 Å². The zero-order chi connectivity index (χ0) is 15.1. The molecular formula is C17H31NO3. The van der Waals surface area contributed by atoms with Crippen LogP contribution in [0.5, 0.6) is 0 Å². The number of aliphatic carboxylic acids is 1. The van der Waals surface area contributed by atoms with Gasteiger partial charge < -0.3 is 9.84 Å². The number of unbranched alkanes of at least 4 members (excludes halogenated alkanes) is 1. The Kier molecular flexibility index (Phi) is 6.49. The molecule has 0 spiro atoms. The van der Waals surface area contributed by atoms with E-state index in [2.05, 4.69) is 11.8 Å². The molecule has 4 nitrogen and oxygen atoms in total. The van der Waals surface area contributed by atoms with Crippen LogP contribution in [-0.4, -0.2) is 48.8 Å². The van der Waals surface area contributed by atoms with Crippen molar-refractivity contribution in [3.63, 3.8) is 0 Å². The summed E-state index contributed by atoms with van der Waals surface area (Å²) in [6.45, 7) is 6.63. The first-order chi connectivity index (χ1) is 10.2. The maximum atomic E-state index is 11.8. The van der Waals surface area contributed by atoms with E-state index in [1.54, 1.807) is 0 Å². The highest BCUT2D eigenvalue weighted by Gasteiger charge is 2.41. The van der Waals surface area contributed by atoms with E-state index >= 15 is 0 Å². The monoisotopic (exact) mass is 297 g/mol. The Morgan fingerprint density at radius 1 is 1.29 bits per heavy atom. The molecule has 4 heteroatoms. The van der Waals surface area contributed by atoms with Gasteiger partial charge in [-0.3, -0.25) is 9.69 Å². The van der Waals surface area contributed by atoms with Gasteiger partial charge >= 0.3 is 5.97 Å². The fourth-order valence-corrected chi connectivity index (χ4v) is 3.78. The number of morpholine rings is 1. The maximum Gasteiger partial charge on any atom is 0.309 e. The fraction of sp³-hybridized carbons (Fsp3) is 0.941. The van der Waals surface area contributed by atoms with Crippen molar-refractivity contribution in [2.75, 3.05) is 32.8 Å². The van der Waals surface area contributed by atoms with Crippen molar-refractivity contribution >= 4 is 5.97 Å². The van der Waals surface area contributed by atoms with Gasteiger partial charge in [-0.05, 0) is 44.6 Å². The van der Waals surface area contributed by atoms with Gasteiger partial charge in [0.1, 0.15) is 0 Å². The topological polar surface area (TPSA) is 49.8 Å². The smallest absolute Gasteiger partial charge is 0.309 e. The molecule has 0 radical (unpaired) electrons. The lowest BCUT2D eigenvalue weighted by Gasteiger charge is -2.38. The molecular weight excluding hydrogens is 266 g/mol. The van der Waals surface area contributed by atoms with Crippen molar-refractivity contribution in [2.24, 2.45) is 11.3 Å². The van der Waals surface area contributed by atoms with Gasteiger partial charge in [-0.25, -0.2) is 0 Å². The molecule has 0 atom stereocenters. The molecule has 2 fully saturated rings. The average Bonchev–Trinajstić information content (AvgIpc) is 2.53. The zero-order valence-corrected chi connectivity index (χ0v) is 13.5. The van der Waals surface area contributed by atoms with E-state index < -0.39 is 11.4 Å². The molecule has 0 aromatic rings. The van der Waals surface area contributed by atoms with Crippen LogP contribution in [0.1, 0.15) is 58.3 Å². The van der Waals surface area contributed by atoms with Crippen molar-refractivity contribution in [3.8, 4) is 0 Å². The first-order valence-corrected chi connectivity index (χ1v) is 8.70. The van der Waals surface area contributed by atoms with E-state index in [9.17, 15) is 9.90 Å². The van der Waals surface area contributed by atoms with Crippen molar-refractivity contribution < 1.29 is 14.6 Å². The van der Waals surface area contributed by atoms with Crippen LogP contribution >= 0.6 is 0 Å². The van der Waals surface area contributed by atoms with Crippen LogP contribution in [0.4, 0.5) is 0 Å². The zero-order valence-electron chi connectivity index (χ0n) is 13.5. The van der Waals surface area contributed by atoms with Crippen molar-refractivity contribution in [3.05, 3.63) is 0 Å². The van der Waals surface area contributed by atoms with Gasteiger partial charge in [-0.1, -0.05) is 26.2 Å². The molecule has 21 heavy (non-hydrogen) atoms. The number of hydrogen-bond acceptors (Lipinski definition) is 3. The van der Waals surface area contributed by atoms with Gasteiger partial charge in [0.15, 0.2) is 0 Å². The second-order valence-corrected chi connectivity index (χ2v) is 6.88. The lowest BCUT2D eigenvalue weighted by molar-refractivity contribution is -0.152. The summed E-state index contributed by atoms with van der Waals surface area (Å²) in [6, 6.07) is 0. The standard InChI is InChI=1S/C17H31NO3/c1-2-3-4-15-5-7-17(8-6-15,16(19)20)9-10-18-11-13-21-14-12-18/h15H,2-14H2,1H3,(H,19,20). The van der Waals surface area contributed by atoms with Crippen LogP contribution in [0.3, 0.4) is 0 Å². The normalized spacial score (nSPS) is 31.2. The van der Waals surface area contributed by atoms with Crippen LogP contribution in [0.15, 0.2) is 0 Å². The van der Waals surface area contributed by atoms with Gasteiger partial charge in [0, 0.05) is 13.1 Å². The third-order valence-electron chi connectivity index (χ3n) is 5.49. The number of rotatable bonds is 7. The molecule has 0 bridgehead atoms. The number of ether oxygens (including phenoxy) is 1. The minimum absolute atomic E-state index is 0.457. The average molecular weight is 297 g/mol. The van der Waals surface area contributed by atoms with Gasteiger partial charge in [0.25, 0.3) is 0 Å². The Labute approximate surface area is 128 Å². The summed E-state index contributed by atoms with van der Waals surface area (Å²) in [7, 11) is 0. The highest BCUT2D eigenvalue weighted by Crippen LogP contribution is 2.43. The quantitative estimate of drug-likeness (QED) is 0.784. The molecule has 2 aliphatic rings. The van der Waals surface area contributed by atoms with E-state index in [1.165, 1.54) is 19.3 Å². The lowest BCUT2D eigenvalue weighted by Crippen LogP contribution is -2.42. The number of carboxylic acid groups (broad SMARTS) is 1. The van der Waals surface area contributed by atoms with Crippen LogP contribution in [0.25, 0.3) is 0 Å². The highest BCUT2D eigenvalue weighted by atomic mass is 16.5. The van der Waals surface area contributed by atoms with Crippen LogP contribution in [-0.2, 0) is 9.53 Å². The van der Waals surface area contributed by atoms with Crippen LogP contribution in [0.2, 0.25) is 0 Å². The summed E-state index contributed by atoms with van der Waals surface area (Å²) in [5, 5.41) is 9.74. The van der Waals surface area contributed by atoms with Crippen molar-refractivity contribution in [2.45, 2.75) is 58.3 Å². The summed E-state index contributed by atoms with van der Waals surface area (Å²) in [4.78, 5) is 14.2. The van der Waals surface area contributed by atoms with Gasteiger partial charge in [-0.15, -0.1) is 0 Å². The van der Waals surface area contributed by atoms with Crippen LogP contribution in [0, 0.1) is 11.3 Å². The van der Waals surface area contributed by atoms with Gasteiger partial charge in [0.2, 0.25) is 0 Å². The Hall–Kier alpha value is -0.610. The van der Waals surface area contributed by atoms with E-state index in [0.29, 0.717) is 0 Å². The molecule has 0 amide bonds. The van der Waals surface area contributed by atoms with E-state index in [1.807, 2.05) is 0 Å². The molecule has 1 aliphatic heterocycles. The SMILES string of the molecule is CCCCC1CCC(CCN2CCOCC2)(C(=O)O)CC1. The molecule has 0 unspecified atom stereocenters. The van der Waals surface area contributed by atoms with Gasteiger partial charge in [0.05, 0.1) is 18.6 Å². The molecule has 1 heterocycles. The second kappa shape index (κ2) is 8.14. The number of hydrogen-bond donors (Lipinski definition) is 1. The van der Waals surface area contributed by atoms with Crippen molar-refractivity contribution in [1.29, 1.82) is 0 Å².